The van der Waals surface area contributed by atoms with Gasteiger partial charge < -0.3 is 20.3 Å². The van der Waals surface area contributed by atoms with Crippen LogP contribution in [0.25, 0.3) is 22.3 Å². The van der Waals surface area contributed by atoms with Gasteiger partial charge in [-0.05, 0) is 86.3 Å². The third-order valence-corrected chi connectivity index (χ3v) is 10.7. The van der Waals surface area contributed by atoms with Crippen molar-refractivity contribution in [1.82, 2.24) is 34.9 Å². The van der Waals surface area contributed by atoms with Crippen molar-refractivity contribution in [2.24, 2.45) is 5.92 Å². The Morgan fingerprint density at radius 1 is 0.981 bits per heavy atom. The number of ether oxygens (including phenoxy) is 1. The predicted molar refractivity (Wildman–Crippen MR) is 202 cm³/mol. The summed E-state index contributed by atoms with van der Waals surface area (Å²) in [5.74, 6) is 0.841. The summed E-state index contributed by atoms with van der Waals surface area (Å²) in [6.07, 6.45) is 3.95. The zero-order valence-electron chi connectivity index (χ0n) is 29.9. The summed E-state index contributed by atoms with van der Waals surface area (Å²) >= 11 is 0. The highest BCUT2D eigenvalue weighted by Gasteiger charge is 2.36. The number of nitrogen functional groups attached to an aromatic ring is 1. The number of nitrogens with zero attached hydrogens (tertiary/aromatic N) is 7. The van der Waals surface area contributed by atoms with Crippen LogP contribution in [0.5, 0.6) is 11.5 Å². The van der Waals surface area contributed by atoms with Crippen molar-refractivity contribution in [2.45, 2.75) is 44.7 Å². The SMILES string of the molecule is Cc1cc(N2CC(CN3CCC(n4nc(-c5ccc(Oc6ccccc6)cc5)c5c(N)ncnc54)CC3)C2)ccc1C(=O)N(C=O)C1CCC(=O)NC1=O. The first kappa shape index (κ1) is 34.9. The van der Waals surface area contributed by atoms with E-state index in [1.54, 1.807) is 6.07 Å². The zero-order chi connectivity index (χ0) is 37.3. The van der Waals surface area contributed by atoms with Crippen molar-refractivity contribution in [1.29, 1.82) is 0 Å². The van der Waals surface area contributed by atoms with Crippen LogP contribution in [0.3, 0.4) is 0 Å². The number of imide groups is 2. The summed E-state index contributed by atoms with van der Waals surface area (Å²) in [5.41, 5.74) is 10.9. The number of hydrogen-bond donors (Lipinski definition) is 2. The van der Waals surface area contributed by atoms with Gasteiger partial charge in [-0.2, -0.15) is 5.10 Å². The van der Waals surface area contributed by atoms with Crippen molar-refractivity contribution in [2.75, 3.05) is 43.4 Å². The molecule has 3 aromatic carbocycles. The zero-order valence-corrected chi connectivity index (χ0v) is 29.9. The molecule has 0 saturated carbocycles. The molecule has 5 heterocycles. The van der Waals surface area contributed by atoms with Crippen LogP contribution in [0.1, 0.15) is 47.6 Å². The number of para-hydroxylation sites is 1. The third kappa shape index (κ3) is 6.87. The second-order valence-corrected chi connectivity index (χ2v) is 14.3. The van der Waals surface area contributed by atoms with Crippen molar-refractivity contribution in [3.05, 3.63) is 90.3 Å². The molecule has 3 N–H and O–H groups in total. The summed E-state index contributed by atoms with van der Waals surface area (Å²) in [4.78, 5) is 63.6. The number of nitrogens with one attached hydrogen (secondary N) is 1. The van der Waals surface area contributed by atoms with Gasteiger partial charge in [-0.3, -0.25) is 29.4 Å². The Hall–Kier alpha value is -6.15. The van der Waals surface area contributed by atoms with Crippen molar-refractivity contribution in [3.63, 3.8) is 0 Å². The Labute approximate surface area is 311 Å². The Balaban J connectivity index is 0.868. The predicted octanol–water partition coefficient (Wildman–Crippen LogP) is 4.35. The van der Waals surface area contributed by atoms with Gasteiger partial charge >= 0.3 is 0 Å². The molecule has 3 aliphatic rings. The molecule has 0 radical (unpaired) electrons. The normalized spacial score (nSPS) is 18.3. The lowest BCUT2D eigenvalue weighted by Gasteiger charge is -2.44. The summed E-state index contributed by atoms with van der Waals surface area (Å²) in [5, 5.41) is 8.05. The van der Waals surface area contributed by atoms with Crippen LogP contribution in [0.4, 0.5) is 11.5 Å². The molecule has 5 aromatic rings. The van der Waals surface area contributed by atoms with E-state index in [1.165, 1.54) is 6.33 Å². The molecule has 0 aliphatic carbocycles. The van der Waals surface area contributed by atoms with Crippen LogP contribution in [0.15, 0.2) is 79.1 Å². The van der Waals surface area contributed by atoms with E-state index >= 15 is 0 Å². The van der Waals surface area contributed by atoms with Crippen LogP contribution in [0.2, 0.25) is 0 Å². The Bertz CT molecular complexity index is 2210. The van der Waals surface area contributed by atoms with E-state index in [0.29, 0.717) is 23.7 Å². The number of likely N-dealkylation sites (tertiary alicyclic amines) is 1. The molecule has 276 valence electrons. The average molecular weight is 728 g/mol. The topological polar surface area (TPSA) is 169 Å². The first-order valence-electron chi connectivity index (χ1n) is 18.3. The van der Waals surface area contributed by atoms with E-state index in [-0.39, 0.29) is 18.9 Å². The minimum Gasteiger partial charge on any atom is -0.457 e. The highest BCUT2D eigenvalue weighted by molar-refractivity contribution is 6.07. The lowest BCUT2D eigenvalue weighted by Crippen LogP contribution is -2.54. The Kier molecular flexibility index (Phi) is 9.50. The van der Waals surface area contributed by atoms with Crippen molar-refractivity contribution < 1.29 is 23.9 Å². The molecule has 3 fully saturated rings. The Morgan fingerprint density at radius 2 is 1.72 bits per heavy atom. The number of fused-ring (bicyclic) bond motifs is 1. The standard InChI is InChI=1S/C40H41N9O5/c1-25-19-29(9-12-32(25)40(53)48(24-50)33-13-14-34(51)44-39(33)52)47-21-26(22-47)20-46-17-15-28(16-18-46)49-38-35(37(41)42-23-43-38)36(45-49)27-7-10-31(11-8-27)54-30-5-3-2-4-6-30/h2-12,19,23-24,26,28,33H,13-18,20-22H2,1H3,(H2,41,42,43)(H,44,51,52). The molecule has 3 aliphatic heterocycles. The fourth-order valence-electron chi connectivity index (χ4n) is 7.80. The highest BCUT2D eigenvalue weighted by atomic mass is 16.5. The van der Waals surface area contributed by atoms with Gasteiger partial charge in [-0.25, -0.2) is 14.6 Å². The third-order valence-electron chi connectivity index (χ3n) is 10.7. The average Bonchev–Trinajstić information content (AvgIpc) is 3.56. The number of anilines is 2. The van der Waals surface area contributed by atoms with Gasteiger partial charge in [0.05, 0.1) is 11.4 Å². The molecular weight excluding hydrogens is 686 g/mol. The van der Waals surface area contributed by atoms with Crippen molar-refractivity contribution in [3.8, 4) is 22.8 Å². The minimum atomic E-state index is -0.998. The molecule has 1 atom stereocenters. The van der Waals surface area contributed by atoms with Crippen LogP contribution in [-0.2, 0) is 14.4 Å². The van der Waals surface area contributed by atoms with Crippen LogP contribution < -0.4 is 20.7 Å². The van der Waals surface area contributed by atoms with Gasteiger partial charge in [-0.15, -0.1) is 0 Å². The molecule has 14 nitrogen and oxygen atoms in total. The maximum absolute atomic E-state index is 13.3. The number of carbonyl (C=O) groups is 4. The van der Waals surface area contributed by atoms with Crippen LogP contribution in [0, 0.1) is 12.8 Å². The van der Waals surface area contributed by atoms with Gasteiger partial charge in [0.2, 0.25) is 18.2 Å². The largest absolute Gasteiger partial charge is 0.457 e. The lowest BCUT2D eigenvalue weighted by molar-refractivity contribution is -0.139. The Morgan fingerprint density at radius 3 is 2.43 bits per heavy atom. The molecule has 8 rings (SSSR count). The number of aryl methyl sites for hydroxylation is 1. The summed E-state index contributed by atoms with van der Waals surface area (Å²) in [6.45, 7) is 6.52. The van der Waals surface area contributed by atoms with Gasteiger partial charge in [0.25, 0.3) is 5.91 Å². The van der Waals surface area contributed by atoms with E-state index in [2.05, 4.69) is 25.1 Å². The molecule has 54 heavy (non-hydrogen) atoms. The molecular formula is C40H41N9O5. The number of piperidine rings is 2. The first-order valence-corrected chi connectivity index (χ1v) is 18.3. The van der Waals surface area contributed by atoms with E-state index in [0.717, 1.165) is 95.5 Å². The van der Waals surface area contributed by atoms with E-state index in [4.69, 9.17) is 15.6 Å². The van der Waals surface area contributed by atoms with Crippen molar-refractivity contribution >= 4 is 46.7 Å². The monoisotopic (exact) mass is 727 g/mol. The summed E-state index contributed by atoms with van der Waals surface area (Å²) in [7, 11) is 0. The number of rotatable bonds is 10. The maximum atomic E-state index is 13.3. The molecule has 2 aromatic heterocycles. The first-order chi connectivity index (χ1) is 26.2. The number of aromatic nitrogens is 4. The molecule has 0 bridgehead atoms. The van der Waals surface area contributed by atoms with Gasteiger partial charge in [0.15, 0.2) is 5.65 Å². The maximum Gasteiger partial charge on any atom is 0.261 e. The smallest absolute Gasteiger partial charge is 0.261 e. The molecule has 1 unspecified atom stereocenters. The van der Waals surface area contributed by atoms with Gasteiger partial charge in [0, 0.05) is 61.9 Å². The number of carbonyl (C=O) groups excluding carboxylic acids is 4. The van der Waals surface area contributed by atoms with E-state index < -0.39 is 23.8 Å². The number of nitrogens with two attached hydrogens (primary N) is 1. The van der Waals surface area contributed by atoms with Gasteiger partial charge in [0.1, 0.15) is 35.4 Å². The van der Waals surface area contributed by atoms with Crippen LogP contribution in [-0.4, -0.2) is 92.4 Å². The fourth-order valence-corrected chi connectivity index (χ4v) is 7.80. The van der Waals surface area contributed by atoms with E-state index in [9.17, 15) is 19.2 Å². The van der Waals surface area contributed by atoms with E-state index in [1.807, 2.05) is 78.3 Å². The summed E-state index contributed by atoms with van der Waals surface area (Å²) in [6, 6.07) is 22.2. The summed E-state index contributed by atoms with van der Waals surface area (Å²) < 4.78 is 8.02. The van der Waals surface area contributed by atoms with Gasteiger partial charge in [-0.1, -0.05) is 18.2 Å². The fraction of sp³-hybridized carbons (Fsp3) is 0.325. The van der Waals surface area contributed by atoms with Crippen LogP contribution >= 0.6 is 0 Å². The minimum absolute atomic E-state index is 0.0794. The second kappa shape index (κ2) is 14.7. The molecule has 3 saturated heterocycles. The lowest BCUT2D eigenvalue weighted by atomic mass is 9.95. The number of benzene rings is 3. The molecule has 0 spiro atoms. The molecule has 4 amide bonds. The number of amides is 4. The number of hydrogen-bond acceptors (Lipinski definition) is 11. The second-order valence-electron chi connectivity index (χ2n) is 14.3. The quantitative estimate of drug-likeness (QED) is 0.155. The molecule has 14 heteroatoms. The highest BCUT2D eigenvalue weighted by Crippen LogP contribution is 2.36.